The van der Waals surface area contributed by atoms with Gasteiger partial charge in [-0.2, -0.15) is 0 Å². The number of hydrogen-bond donors (Lipinski definition) is 1. The zero-order chi connectivity index (χ0) is 21.2. The molecule has 154 valence electrons. The fourth-order valence-electron chi connectivity index (χ4n) is 3.55. The van der Waals surface area contributed by atoms with Crippen molar-refractivity contribution in [1.29, 1.82) is 0 Å². The average Bonchev–Trinajstić information content (AvgIpc) is 3.45. The van der Waals surface area contributed by atoms with Crippen LogP contribution in [0.1, 0.15) is 16.8 Å². The molecule has 0 aliphatic carbocycles. The lowest BCUT2D eigenvalue weighted by molar-refractivity contribution is 0.0954. The highest BCUT2D eigenvalue weighted by molar-refractivity contribution is 6.07. The van der Waals surface area contributed by atoms with Gasteiger partial charge >= 0.3 is 5.69 Å². The highest BCUT2D eigenvalue weighted by Crippen LogP contribution is 2.25. The molecular formula is C23H19N5O3. The lowest BCUT2D eigenvalue weighted by Crippen LogP contribution is -2.27. The Balaban J connectivity index is 1.32. The maximum Gasteiger partial charge on any atom is 0.350 e. The summed E-state index contributed by atoms with van der Waals surface area (Å²) in [5.41, 5.74) is 2.26. The monoisotopic (exact) mass is 413 g/mol. The van der Waals surface area contributed by atoms with Gasteiger partial charge in [-0.1, -0.05) is 24.3 Å². The lowest BCUT2D eigenvalue weighted by atomic mass is 10.1. The van der Waals surface area contributed by atoms with Crippen LogP contribution in [0, 0.1) is 0 Å². The summed E-state index contributed by atoms with van der Waals surface area (Å²) in [6, 6.07) is 18.2. The van der Waals surface area contributed by atoms with Crippen molar-refractivity contribution >= 4 is 22.5 Å². The zero-order valence-corrected chi connectivity index (χ0v) is 16.6. The molecule has 0 fully saturated rings. The first-order valence-corrected chi connectivity index (χ1v) is 9.97. The van der Waals surface area contributed by atoms with E-state index in [-0.39, 0.29) is 11.6 Å². The smallest absolute Gasteiger partial charge is 0.350 e. The third-order valence-electron chi connectivity index (χ3n) is 5.06. The number of fused-ring (bicyclic) bond motifs is 2. The fourth-order valence-corrected chi connectivity index (χ4v) is 3.55. The Hall–Kier alpha value is -4.20. The van der Waals surface area contributed by atoms with Crippen LogP contribution < -0.4 is 11.0 Å². The predicted molar refractivity (Wildman–Crippen MR) is 116 cm³/mol. The van der Waals surface area contributed by atoms with E-state index in [9.17, 15) is 9.59 Å². The van der Waals surface area contributed by atoms with Crippen molar-refractivity contribution in [3.63, 3.8) is 0 Å². The molecule has 0 unspecified atom stereocenters. The van der Waals surface area contributed by atoms with Crippen molar-refractivity contribution in [2.45, 2.75) is 13.0 Å². The number of amides is 1. The van der Waals surface area contributed by atoms with Crippen LogP contribution >= 0.6 is 0 Å². The first kappa shape index (κ1) is 18.8. The average molecular weight is 413 g/mol. The maximum absolute atomic E-state index is 12.9. The van der Waals surface area contributed by atoms with Crippen molar-refractivity contribution in [2.24, 2.45) is 0 Å². The number of nitrogens with one attached hydrogen (secondary N) is 1. The third kappa shape index (κ3) is 3.59. The summed E-state index contributed by atoms with van der Waals surface area (Å²) in [5, 5.41) is 8.01. The van der Waals surface area contributed by atoms with Gasteiger partial charge in [0.15, 0.2) is 11.4 Å². The minimum Gasteiger partial charge on any atom is -0.463 e. The van der Waals surface area contributed by atoms with Crippen LogP contribution in [0.15, 0.2) is 82.3 Å². The second kappa shape index (κ2) is 7.91. The standard InChI is InChI=1S/C23H19N5O3/c29-22(24-11-6-13-28-23(30)27-12-4-3-10-21(27)26-28)17-15-19(20-9-5-14-31-20)25-18-8-2-1-7-16(17)18/h1-5,7-10,12,14-15H,6,11,13H2,(H,24,29). The fraction of sp³-hybridized carbons (Fsp3) is 0.130. The van der Waals surface area contributed by atoms with Gasteiger partial charge in [-0.15, -0.1) is 5.10 Å². The molecule has 0 aliphatic heterocycles. The first-order valence-electron chi connectivity index (χ1n) is 9.97. The normalized spacial score (nSPS) is 11.2. The molecule has 4 aromatic heterocycles. The Morgan fingerprint density at radius 1 is 1.06 bits per heavy atom. The molecule has 0 aliphatic rings. The molecular weight excluding hydrogens is 394 g/mol. The third-order valence-corrected chi connectivity index (χ3v) is 5.06. The van der Waals surface area contributed by atoms with Crippen molar-refractivity contribution in [3.05, 3.63) is 89.2 Å². The number of carbonyl (C=O) groups excluding carboxylic acids is 1. The van der Waals surface area contributed by atoms with Crippen LogP contribution in [-0.2, 0) is 6.54 Å². The number of pyridine rings is 2. The second-order valence-corrected chi connectivity index (χ2v) is 7.09. The number of carbonyl (C=O) groups is 1. The molecule has 1 N–H and O–H groups in total. The van der Waals surface area contributed by atoms with Gasteiger partial charge in [0, 0.05) is 24.7 Å². The molecule has 1 amide bonds. The molecule has 8 heteroatoms. The van der Waals surface area contributed by atoms with Crippen molar-refractivity contribution < 1.29 is 9.21 Å². The zero-order valence-electron chi connectivity index (χ0n) is 16.6. The number of furan rings is 1. The number of aromatic nitrogens is 4. The van der Waals surface area contributed by atoms with Gasteiger partial charge in [0.1, 0.15) is 5.69 Å². The Morgan fingerprint density at radius 2 is 1.94 bits per heavy atom. The van der Waals surface area contributed by atoms with Gasteiger partial charge in [0.25, 0.3) is 5.91 Å². The number of hydrogen-bond acceptors (Lipinski definition) is 5. The van der Waals surface area contributed by atoms with Crippen LogP contribution in [0.4, 0.5) is 0 Å². The van der Waals surface area contributed by atoms with E-state index in [0.29, 0.717) is 42.2 Å². The van der Waals surface area contributed by atoms with E-state index in [1.54, 1.807) is 36.7 Å². The van der Waals surface area contributed by atoms with Crippen molar-refractivity contribution in [3.8, 4) is 11.5 Å². The summed E-state index contributed by atoms with van der Waals surface area (Å²) in [7, 11) is 0. The minimum atomic E-state index is -0.200. The Morgan fingerprint density at radius 3 is 2.77 bits per heavy atom. The minimum absolute atomic E-state index is 0.190. The Bertz CT molecular complexity index is 1430. The maximum atomic E-state index is 12.9. The van der Waals surface area contributed by atoms with E-state index < -0.39 is 0 Å². The summed E-state index contributed by atoms with van der Waals surface area (Å²) in [5.74, 6) is 0.403. The number of aryl methyl sites for hydroxylation is 1. The van der Waals surface area contributed by atoms with E-state index in [4.69, 9.17) is 4.42 Å². The van der Waals surface area contributed by atoms with Crippen LogP contribution in [0.5, 0.6) is 0 Å². The van der Waals surface area contributed by atoms with Gasteiger partial charge in [-0.3, -0.25) is 9.20 Å². The molecule has 5 aromatic rings. The molecule has 0 bridgehead atoms. The van der Waals surface area contributed by atoms with E-state index in [0.717, 1.165) is 10.9 Å². The number of nitrogens with zero attached hydrogens (tertiary/aromatic N) is 4. The van der Waals surface area contributed by atoms with Gasteiger partial charge in [0.2, 0.25) is 0 Å². The second-order valence-electron chi connectivity index (χ2n) is 7.09. The first-order chi connectivity index (χ1) is 15.2. The summed E-state index contributed by atoms with van der Waals surface area (Å²) in [6.45, 7) is 0.821. The molecule has 31 heavy (non-hydrogen) atoms. The van der Waals surface area contributed by atoms with E-state index >= 15 is 0 Å². The number of benzene rings is 1. The number of para-hydroxylation sites is 1. The van der Waals surface area contributed by atoms with Gasteiger partial charge in [-0.25, -0.2) is 14.5 Å². The van der Waals surface area contributed by atoms with Crippen LogP contribution in [-0.4, -0.2) is 31.6 Å². The molecule has 4 heterocycles. The predicted octanol–water partition coefficient (Wildman–Crippen LogP) is 3.12. The molecule has 0 saturated carbocycles. The SMILES string of the molecule is O=C(NCCCn1nc2ccccn2c1=O)c1cc(-c2ccco2)nc2ccccc12. The van der Waals surface area contributed by atoms with Gasteiger partial charge < -0.3 is 9.73 Å². The highest BCUT2D eigenvalue weighted by Gasteiger charge is 2.15. The van der Waals surface area contributed by atoms with Gasteiger partial charge in [-0.05, 0) is 42.8 Å². The summed E-state index contributed by atoms with van der Waals surface area (Å²) in [4.78, 5) is 29.9. The van der Waals surface area contributed by atoms with Crippen molar-refractivity contribution in [1.82, 2.24) is 24.5 Å². The Labute approximate surface area is 176 Å². The lowest BCUT2D eigenvalue weighted by Gasteiger charge is -2.09. The summed E-state index contributed by atoms with van der Waals surface area (Å²) >= 11 is 0. The number of rotatable bonds is 6. The summed E-state index contributed by atoms with van der Waals surface area (Å²) < 4.78 is 8.36. The van der Waals surface area contributed by atoms with E-state index in [1.807, 2.05) is 36.4 Å². The summed E-state index contributed by atoms with van der Waals surface area (Å²) in [6.07, 6.45) is 3.84. The van der Waals surface area contributed by atoms with Crippen LogP contribution in [0.25, 0.3) is 28.0 Å². The quantitative estimate of drug-likeness (QED) is 0.432. The Kier molecular flexibility index (Phi) is 4.80. The van der Waals surface area contributed by atoms with E-state index in [2.05, 4.69) is 15.4 Å². The molecule has 0 atom stereocenters. The van der Waals surface area contributed by atoms with Crippen LogP contribution in [0.3, 0.4) is 0 Å². The van der Waals surface area contributed by atoms with Crippen LogP contribution in [0.2, 0.25) is 0 Å². The molecule has 0 spiro atoms. The van der Waals surface area contributed by atoms with E-state index in [1.165, 1.54) is 9.08 Å². The molecule has 8 nitrogen and oxygen atoms in total. The molecule has 5 rings (SSSR count). The molecule has 0 radical (unpaired) electrons. The topological polar surface area (TPSA) is 94.4 Å². The molecule has 1 aromatic carbocycles. The van der Waals surface area contributed by atoms with Crippen molar-refractivity contribution in [2.75, 3.05) is 6.54 Å². The highest BCUT2D eigenvalue weighted by atomic mass is 16.3. The van der Waals surface area contributed by atoms with Gasteiger partial charge in [0.05, 0.1) is 17.3 Å². The molecule has 0 saturated heterocycles. The largest absolute Gasteiger partial charge is 0.463 e.